The Bertz CT molecular complexity index is 993. The molecule has 0 spiro atoms. The summed E-state index contributed by atoms with van der Waals surface area (Å²) in [7, 11) is 1.86. The predicted molar refractivity (Wildman–Crippen MR) is 114 cm³/mol. The van der Waals surface area contributed by atoms with Crippen molar-refractivity contribution in [2.75, 3.05) is 30.4 Å². The number of carbonyl (C=O) groups is 1. The minimum atomic E-state index is -0.699. The molecular formula is C23H25N3O3. The van der Waals surface area contributed by atoms with Crippen LogP contribution < -0.4 is 10.2 Å². The summed E-state index contributed by atoms with van der Waals surface area (Å²) in [5.41, 5.74) is 6.03. The molecular weight excluding hydrogens is 366 g/mol. The lowest BCUT2D eigenvalue weighted by Crippen LogP contribution is -2.38. The molecule has 29 heavy (non-hydrogen) atoms. The zero-order valence-corrected chi connectivity index (χ0v) is 16.7. The molecule has 2 aromatic carbocycles. The first kappa shape index (κ1) is 19.1. The molecule has 2 heterocycles. The molecule has 1 fully saturated rings. The van der Waals surface area contributed by atoms with Crippen LogP contribution in [-0.2, 0) is 4.79 Å². The Morgan fingerprint density at radius 2 is 1.72 bits per heavy atom. The van der Waals surface area contributed by atoms with Crippen molar-refractivity contribution in [3.05, 3.63) is 54.2 Å². The number of carboxylic acids is 1. The molecule has 1 atom stereocenters. The van der Waals surface area contributed by atoms with Crippen LogP contribution in [0.25, 0.3) is 22.5 Å². The highest BCUT2D eigenvalue weighted by Crippen LogP contribution is 2.32. The number of rotatable bonds is 5. The second-order valence-corrected chi connectivity index (χ2v) is 7.47. The number of piperidine rings is 1. The fraction of sp³-hybridized carbons (Fsp3) is 0.304. The van der Waals surface area contributed by atoms with E-state index in [1.807, 2.05) is 26.1 Å². The Morgan fingerprint density at radius 1 is 1.10 bits per heavy atom. The van der Waals surface area contributed by atoms with Crippen LogP contribution in [0.1, 0.15) is 18.5 Å². The quantitative estimate of drug-likeness (QED) is 0.659. The van der Waals surface area contributed by atoms with Crippen LogP contribution >= 0.6 is 0 Å². The summed E-state index contributed by atoms with van der Waals surface area (Å²) in [5, 5.41) is 16.5. The number of carboxylic acid groups (broad SMARTS) is 1. The lowest BCUT2D eigenvalue weighted by atomic mass is 9.97. The van der Waals surface area contributed by atoms with E-state index in [1.165, 1.54) is 0 Å². The Balaban J connectivity index is 1.51. The smallest absolute Gasteiger partial charge is 0.308 e. The number of nitrogens with one attached hydrogen (secondary N) is 1. The number of nitrogens with zero attached hydrogens (tertiary/aromatic N) is 2. The average molecular weight is 391 g/mol. The third kappa shape index (κ3) is 3.83. The maximum atomic E-state index is 11.3. The van der Waals surface area contributed by atoms with Crippen molar-refractivity contribution in [3.63, 3.8) is 0 Å². The minimum Gasteiger partial charge on any atom is -0.481 e. The van der Waals surface area contributed by atoms with Gasteiger partial charge in [0.25, 0.3) is 0 Å². The van der Waals surface area contributed by atoms with Crippen LogP contribution in [0.5, 0.6) is 0 Å². The van der Waals surface area contributed by atoms with E-state index in [0.717, 1.165) is 58.9 Å². The van der Waals surface area contributed by atoms with Gasteiger partial charge in [0.05, 0.1) is 5.92 Å². The van der Waals surface area contributed by atoms with E-state index in [1.54, 1.807) is 0 Å². The van der Waals surface area contributed by atoms with Gasteiger partial charge < -0.3 is 19.8 Å². The topological polar surface area (TPSA) is 78.6 Å². The van der Waals surface area contributed by atoms with E-state index in [4.69, 9.17) is 4.52 Å². The molecule has 1 saturated heterocycles. The first-order valence-electron chi connectivity index (χ1n) is 9.89. The summed E-state index contributed by atoms with van der Waals surface area (Å²) in [5.74, 6) is -0.238. The van der Waals surface area contributed by atoms with Gasteiger partial charge in [-0.25, -0.2) is 0 Å². The van der Waals surface area contributed by atoms with E-state index in [0.29, 0.717) is 6.54 Å². The molecule has 1 aliphatic heterocycles. The van der Waals surface area contributed by atoms with E-state index >= 15 is 0 Å². The van der Waals surface area contributed by atoms with Gasteiger partial charge in [-0.05, 0) is 43.0 Å². The molecule has 1 aromatic heterocycles. The largest absolute Gasteiger partial charge is 0.481 e. The third-order valence-electron chi connectivity index (χ3n) is 5.60. The van der Waals surface area contributed by atoms with Gasteiger partial charge in [0.15, 0.2) is 5.76 Å². The molecule has 2 N–H and O–H groups in total. The van der Waals surface area contributed by atoms with Gasteiger partial charge in [0, 0.05) is 31.4 Å². The maximum Gasteiger partial charge on any atom is 0.308 e. The molecule has 0 bridgehead atoms. The first-order valence-corrected chi connectivity index (χ1v) is 9.89. The standard InChI is InChI=1S/C23H25N3O3/c1-15-21(24-2)22(29-25-15)18-7-5-16(6-8-18)17-9-11-20(12-10-17)26-13-3-4-19(14-26)23(27)28/h5-12,19,24H,3-4,13-14H2,1-2H3,(H,27,28). The van der Waals surface area contributed by atoms with E-state index in [-0.39, 0.29) is 5.92 Å². The summed E-state index contributed by atoms with van der Waals surface area (Å²) in [6, 6.07) is 16.5. The van der Waals surface area contributed by atoms with Gasteiger partial charge in [-0.3, -0.25) is 4.79 Å². The van der Waals surface area contributed by atoms with Crippen molar-refractivity contribution in [1.29, 1.82) is 0 Å². The van der Waals surface area contributed by atoms with Gasteiger partial charge in [-0.15, -0.1) is 0 Å². The Kier molecular flexibility index (Phi) is 5.25. The normalized spacial score (nSPS) is 16.6. The van der Waals surface area contributed by atoms with Gasteiger partial charge in [-0.2, -0.15) is 0 Å². The van der Waals surface area contributed by atoms with Crippen LogP contribution in [0.2, 0.25) is 0 Å². The van der Waals surface area contributed by atoms with Crippen molar-refractivity contribution in [3.8, 4) is 22.5 Å². The molecule has 6 heteroatoms. The third-order valence-corrected chi connectivity index (χ3v) is 5.60. The van der Waals surface area contributed by atoms with Crippen LogP contribution in [0.15, 0.2) is 53.1 Å². The molecule has 1 aliphatic rings. The molecule has 0 amide bonds. The number of anilines is 2. The highest BCUT2D eigenvalue weighted by atomic mass is 16.5. The molecule has 0 radical (unpaired) electrons. The second-order valence-electron chi connectivity index (χ2n) is 7.47. The first-order chi connectivity index (χ1) is 14.1. The Labute approximate surface area is 170 Å². The number of benzene rings is 2. The molecule has 4 rings (SSSR count). The maximum absolute atomic E-state index is 11.3. The molecule has 6 nitrogen and oxygen atoms in total. The minimum absolute atomic E-state index is 0.279. The number of aryl methyl sites for hydroxylation is 1. The molecule has 0 saturated carbocycles. The number of hydrogen-bond donors (Lipinski definition) is 2. The Hall–Kier alpha value is -3.28. The van der Waals surface area contributed by atoms with Crippen molar-refractivity contribution in [2.24, 2.45) is 5.92 Å². The highest BCUT2D eigenvalue weighted by Gasteiger charge is 2.25. The number of aliphatic carboxylic acids is 1. The van der Waals surface area contributed by atoms with Gasteiger partial charge in [0.2, 0.25) is 0 Å². The van der Waals surface area contributed by atoms with Crippen LogP contribution in [-0.4, -0.2) is 36.4 Å². The summed E-state index contributed by atoms with van der Waals surface area (Å²) < 4.78 is 5.47. The zero-order chi connectivity index (χ0) is 20.4. The van der Waals surface area contributed by atoms with Crippen molar-refractivity contribution < 1.29 is 14.4 Å². The SMILES string of the molecule is CNc1c(C)noc1-c1ccc(-c2ccc(N3CCCC(C(=O)O)C3)cc2)cc1. The lowest BCUT2D eigenvalue weighted by Gasteiger charge is -2.32. The van der Waals surface area contributed by atoms with Crippen LogP contribution in [0.4, 0.5) is 11.4 Å². The van der Waals surface area contributed by atoms with Crippen LogP contribution in [0.3, 0.4) is 0 Å². The monoisotopic (exact) mass is 391 g/mol. The van der Waals surface area contributed by atoms with E-state index in [9.17, 15) is 9.90 Å². The van der Waals surface area contributed by atoms with Gasteiger partial charge in [-0.1, -0.05) is 41.6 Å². The molecule has 0 aliphatic carbocycles. The van der Waals surface area contributed by atoms with E-state index < -0.39 is 5.97 Å². The molecule has 150 valence electrons. The average Bonchev–Trinajstić information content (AvgIpc) is 3.14. The molecule has 1 unspecified atom stereocenters. The van der Waals surface area contributed by atoms with Crippen LogP contribution in [0, 0.1) is 12.8 Å². The van der Waals surface area contributed by atoms with Crippen molar-refractivity contribution in [1.82, 2.24) is 5.16 Å². The summed E-state index contributed by atoms with van der Waals surface area (Å²) in [6.07, 6.45) is 1.67. The Morgan fingerprint density at radius 3 is 2.34 bits per heavy atom. The number of hydrogen-bond acceptors (Lipinski definition) is 5. The second kappa shape index (κ2) is 7.99. The fourth-order valence-corrected chi connectivity index (χ4v) is 3.95. The summed E-state index contributed by atoms with van der Waals surface area (Å²) in [4.78, 5) is 13.5. The summed E-state index contributed by atoms with van der Waals surface area (Å²) in [6.45, 7) is 3.39. The van der Waals surface area contributed by atoms with Crippen molar-refractivity contribution in [2.45, 2.75) is 19.8 Å². The lowest BCUT2D eigenvalue weighted by molar-refractivity contribution is -0.141. The fourth-order valence-electron chi connectivity index (χ4n) is 3.95. The van der Waals surface area contributed by atoms with E-state index in [2.05, 4.69) is 51.8 Å². The number of aromatic nitrogens is 1. The predicted octanol–water partition coefficient (Wildman–Crippen LogP) is 4.66. The van der Waals surface area contributed by atoms with Crippen molar-refractivity contribution >= 4 is 17.3 Å². The van der Waals surface area contributed by atoms with Gasteiger partial charge >= 0.3 is 5.97 Å². The molecule has 3 aromatic rings. The zero-order valence-electron chi connectivity index (χ0n) is 16.7. The summed E-state index contributed by atoms with van der Waals surface area (Å²) >= 11 is 0. The van der Waals surface area contributed by atoms with Gasteiger partial charge in [0.1, 0.15) is 11.4 Å². The highest BCUT2D eigenvalue weighted by molar-refractivity contribution is 5.77.